The van der Waals surface area contributed by atoms with E-state index in [1.807, 2.05) is 30.0 Å². The SMILES string of the molecule is Cc1cccc(OC2CCN(C(=O)c3ccoc3C)CC2)c1. The van der Waals surface area contributed by atoms with E-state index in [1.54, 1.807) is 12.3 Å². The molecule has 1 aromatic carbocycles. The van der Waals surface area contributed by atoms with Crippen molar-refractivity contribution in [2.75, 3.05) is 13.1 Å². The van der Waals surface area contributed by atoms with Gasteiger partial charge in [0.05, 0.1) is 11.8 Å². The first-order chi connectivity index (χ1) is 10.6. The smallest absolute Gasteiger partial charge is 0.257 e. The number of amides is 1. The van der Waals surface area contributed by atoms with Crippen LogP contribution in [0.1, 0.15) is 34.5 Å². The maximum absolute atomic E-state index is 12.4. The molecule has 1 amide bonds. The van der Waals surface area contributed by atoms with Crippen molar-refractivity contribution < 1.29 is 13.9 Å². The Morgan fingerprint density at radius 1 is 1.23 bits per heavy atom. The molecule has 1 aromatic heterocycles. The third-order valence-corrected chi connectivity index (χ3v) is 4.11. The molecular weight excluding hydrogens is 278 g/mol. The molecule has 0 unspecified atom stereocenters. The first-order valence-electron chi connectivity index (χ1n) is 7.70. The van der Waals surface area contributed by atoms with Crippen molar-refractivity contribution in [3.05, 3.63) is 53.5 Å². The molecule has 1 saturated heterocycles. The number of benzene rings is 1. The molecule has 0 atom stereocenters. The Kier molecular flexibility index (Phi) is 4.18. The molecule has 2 heterocycles. The van der Waals surface area contributed by atoms with E-state index in [2.05, 4.69) is 13.0 Å². The Labute approximate surface area is 130 Å². The number of aryl methyl sites for hydroxylation is 2. The fraction of sp³-hybridized carbons (Fsp3) is 0.389. The fourth-order valence-corrected chi connectivity index (χ4v) is 2.84. The van der Waals surface area contributed by atoms with Crippen molar-refractivity contribution in [2.24, 2.45) is 0 Å². The number of piperidine rings is 1. The van der Waals surface area contributed by atoms with Crippen LogP contribution in [-0.2, 0) is 0 Å². The molecule has 4 heteroatoms. The largest absolute Gasteiger partial charge is 0.490 e. The predicted molar refractivity (Wildman–Crippen MR) is 84.2 cm³/mol. The summed E-state index contributed by atoms with van der Waals surface area (Å²) in [6.07, 6.45) is 3.46. The Morgan fingerprint density at radius 2 is 2.00 bits per heavy atom. The van der Waals surface area contributed by atoms with Crippen LogP contribution in [-0.4, -0.2) is 30.0 Å². The van der Waals surface area contributed by atoms with Gasteiger partial charge in [0.15, 0.2) is 0 Å². The van der Waals surface area contributed by atoms with E-state index in [0.717, 1.165) is 31.7 Å². The van der Waals surface area contributed by atoms with Crippen molar-refractivity contribution in [3.63, 3.8) is 0 Å². The number of ether oxygens (including phenoxy) is 1. The highest BCUT2D eigenvalue weighted by Crippen LogP contribution is 2.21. The summed E-state index contributed by atoms with van der Waals surface area (Å²) in [4.78, 5) is 14.3. The summed E-state index contributed by atoms with van der Waals surface area (Å²) in [6, 6.07) is 9.84. The Hall–Kier alpha value is -2.23. The molecule has 0 bridgehead atoms. The summed E-state index contributed by atoms with van der Waals surface area (Å²) in [5.74, 6) is 1.65. The van der Waals surface area contributed by atoms with Gasteiger partial charge in [0, 0.05) is 25.9 Å². The number of nitrogens with zero attached hydrogens (tertiary/aromatic N) is 1. The van der Waals surface area contributed by atoms with Crippen molar-refractivity contribution >= 4 is 5.91 Å². The van der Waals surface area contributed by atoms with Gasteiger partial charge in [-0.1, -0.05) is 12.1 Å². The lowest BCUT2D eigenvalue weighted by Crippen LogP contribution is -2.41. The zero-order chi connectivity index (χ0) is 15.5. The van der Waals surface area contributed by atoms with Crippen LogP contribution in [0.25, 0.3) is 0 Å². The summed E-state index contributed by atoms with van der Waals surface area (Å²) in [5, 5.41) is 0. The average molecular weight is 299 g/mol. The van der Waals surface area contributed by atoms with Crippen LogP contribution >= 0.6 is 0 Å². The third-order valence-electron chi connectivity index (χ3n) is 4.11. The van der Waals surface area contributed by atoms with Gasteiger partial charge in [0.25, 0.3) is 5.91 Å². The van der Waals surface area contributed by atoms with Crippen LogP contribution in [0.3, 0.4) is 0 Å². The summed E-state index contributed by atoms with van der Waals surface area (Å²) < 4.78 is 11.2. The maximum Gasteiger partial charge on any atom is 0.257 e. The molecule has 0 spiro atoms. The van der Waals surface area contributed by atoms with Crippen molar-refractivity contribution in [1.82, 2.24) is 4.90 Å². The zero-order valence-electron chi connectivity index (χ0n) is 13.0. The molecule has 116 valence electrons. The minimum Gasteiger partial charge on any atom is -0.490 e. The molecule has 22 heavy (non-hydrogen) atoms. The zero-order valence-corrected chi connectivity index (χ0v) is 13.0. The summed E-state index contributed by atoms with van der Waals surface area (Å²) in [5.41, 5.74) is 1.86. The normalized spacial score (nSPS) is 15.8. The molecule has 2 aromatic rings. The van der Waals surface area contributed by atoms with Crippen LogP contribution in [0.4, 0.5) is 0 Å². The van der Waals surface area contributed by atoms with Gasteiger partial charge in [0.1, 0.15) is 17.6 Å². The van der Waals surface area contributed by atoms with E-state index in [0.29, 0.717) is 11.3 Å². The van der Waals surface area contributed by atoms with Crippen LogP contribution in [0.2, 0.25) is 0 Å². The Morgan fingerprint density at radius 3 is 2.64 bits per heavy atom. The second-order valence-electron chi connectivity index (χ2n) is 5.82. The number of hydrogen-bond acceptors (Lipinski definition) is 3. The first kappa shape index (κ1) is 14.7. The summed E-state index contributed by atoms with van der Waals surface area (Å²) in [6.45, 7) is 5.32. The number of carbonyl (C=O) groups is 1. The fourth-order valence-electron chi connectivity index (χ4n) is 2.84. The van der Waals surface area contributed by atoms with E-state index in [-0.39, 0.29) is 12.0 Å². The van der Waals surface area contributed by atoms with Crippen LogP contribution in [0, 0.1) is 13.8 Å². The standard InChI is InChI=1S/C18H21NO3/c1-13-4-3-5-16(12-13)22-15-6-9-19(10-7-15)18(20)17-8-11-21-14(17)2/h3-5,8,11-12,15H,6-7,9-10H2,1-2H3. The van der Waals surface area contributed by atoms with Gasteiger partial charge in [0.2, 0.25) is 0 Å². The van der Waals surface area contributed by atoms with Crippen LogP contribution < -0.4 is 4.74 Å². The van der Waals surface area contributed by atoms with Gasteiger partial charge >= 0.3 is 0 Å². The van der Waals surface area contributed by atoms with Crippen molar-refractivity contribution in [1.29, 1.82) is 0 Å². The minimum absolute atomic E-state index is 0.0558. The summed E-state index contributed by atoms with van der Waals surface area (Å²) >= 11 is 0. The summed E-state index contributed by atoms with van der Waals surface area (Å²) in [7, 11) is 0. The lowest BCUT2D eigenvalue weighted by molar-refractivity contribution is 0.0594. The molecule has 1 fully saturated rings. The molecule has 4 nitrogen and oxygen atoms in total. The highest BCUT2D eigenvalue weighted by atomic mass is 16.5. The lowest BCUT2D eigenvalue weighted by atomic mass is 10.1. The molecule has 3 rings (SSSR count). The Balaban J connectivity index is 1.56. The number of hydrogen-bond donors (Lipinski definition) is 0. The second kappa shape index (κ2) is 6.26. The third kappa shape index (κ3) is 3.16. The molecule has 0 N–H and O–H groups in total. The highest BCUT2D eigenvalue weighted by molar-refractivity contribution is 5.95. The molecular formula is C18H21NO3. The quantitative estimate of drug-likeness (QED) is 0.870. The number of rotatable bonds is 3. The van der Waals surface area contributed by atoms with E-state index in [1.165, 1.54) is 5.56 Å². The topological polar surface area (TPSA) is 42.7 Å². The monoisotopic (exact) mass is 299 g/mol. The van der Waals surface area contributed by atoms with Gasteiger partial charge < -0.3 is 14.1 Å². The second-order valence-corrected chi connectivity index (χ2v) is 5.82. The van der Waals surface area contributed by atoms with Gasteiger partial charge in [-0.25, -0.2) is 0 Å². The van der Waals surface area contributed by atoms with Crippen LogP contribution in [0.15, 0.2) is 41.0 Å². The van der Waals surface area contributed by atoms with Gasteiger partial charge in [-0.2, -0.15) is 0 Å². The van der Waals surface area contributed by atoms with E-state index < -0.39 is 0 Å². The van der Waals surface area contributed by atoms with Gasteiger partial charge in [-0.3, -0.25) is 4.79 Å². The number of furan rings is 1. The van der Waals surface area contributed by atoms with Crippen molar-refractivity contribution in [2.45, 2.75) is 32.8 Å². The molecule has 1 aliphatic heterocycles. The number of carbonyl (C=O) groups excluding carboxylic acids is 1. The van der Waals surface area contributed by atoms with Gasteiger partial charge in [-0.15, -0.1) is 0 Å². The molecule has 0 radical (unpaired) electrons. The maximum atomic E-state index is 12.4. The lowest BCUT2D eigenvalue weighted by Gasteiger charge is -2.32. The average Bonchev–Trinajstić information content (AvgIpc) is 2.93. The van der Waals surface area contributed by atoms with E-state index in [4.69, 9.17) is 9.15 Å². The predicted octanol–water partition coefficient (Wildman–Crippen LogP) is 3.58. The first-order valence-corrected chi connectivity index (χ1v) is 7.70. The highest BCUT2D eigenvalue weighted by Gasteiger charge is 2.26. The Bertz CT molecular complexity index is 654. The molecule has 1 aliphatic rings. The number of likely N-dealkylation sites (tertiary alicyclic amines) is 1. The van der Waals surface area contributed by atoms with E-state index in [9.17, 15) is 4.79 Å². The van der Waals surface area contributed by atoms with Crippen molar-refractivity contribution in [3.8, 4) is 5.75 Å². The van der Waals surface area contributed by atoms with Gasteiger partial charge in [-0.05, 0) is 37.6 Å². The van der Waals surface area contributed by atoms with E-state index >= 15 is 0 Å². The van der Waals surface area contributed by atoms with Crippen LogP contribution in [0.5, 0.6) is 5.75 Å². The minimum atomic E-state index is 0.0558. The molecule has 0 aliphatic carbocycles. The molecule has 0 saturated carbocycles.